The molecule has 2 aliphatic heterocycles. The highest BCUT2D eigenvalue weighted by Crippen LogP contribution is 2.22. The minimum Gasteiger partial charge on any atom is -0.324 e. The Labute approximate surface area is 191 Å². The van der Waals surface area contributed by atoms with E-state index < -0.39 is 18.2 Å². The maximum atomic E-state index is 13.3. The van der Waals surface area contributed by atoms with Crippen molar-refractivity contribution in [1.82, 2.24) is 20.4 Å². The number of aryl methyl sites for hydroxylation is 1. The first-order valence-electron chi connectivity index (χ1n) is 10.7. The van der Waals surface area contributed by atoms with Crippen molar-refractivity contribution in [3.63, 3.8) is 0 Å². The molecule has 9 heteroatoms. The molecule has 2 heterocycles. The minimum absolute atomic E-state index is 0.108. The molecule has 168 valence electrons. The highest BCUT2D eigenvalue weighted by atomic mass is 35.5. The molecule has 2 saturated heterocycles. The molecule has 0 bridgehead atoms. The summed E-state index contributed by atoms with van der Waals surface area (Å²) in [5.41, 5.74) is 2.52. The van der Waals surface area contributed by atoms with E-state index in [0.29, 0.717) is 18.1 Å². The van der Waals surface area contributed by atoms with E-state index in [1.807, 2.05) is 31.2 Å². The number of carbonyl (C=O) groups is 3. The standard InChI is InChI=1S/C23H26ClN5O3/c1-2-16-5-3-4-6-18(16)27-19(30)14-28-21-20(25-11-12-26-21)22(31)29(23(28)32)13-15-7-9-17(24)10-8-15/h3-10,20-21,25-26H,2,11-14H2,1H3,(H,27,30). The lowest BCUT2D eigenvalue weighted by atomic mass is 10.1. The molecule has 8 nitrogen and oxygen atoms in total. The highest BCUT2D eigenvalue weighted by Gasteiger charge is 2.47. The number of urea groups is 1. The van der Waals surface area contributed by atoms with Crippen LogP contribution >= 0.6 is 11.6 Å². The summed E-state index contributed by atoms with van der Waals surface area (Å²) in [4.78, 5) is 41.9. The second kappa shape index (κ2) is 9.68. The van der Waals surface area contributed by atoms with Crippen molar-refractivity contribution in [2.45, 2.75) is 32.1 Å². The third-order valence-corrected chi connectivity index (χ3v) is 6.00. The zero-order chi connectivity index (χ0) is 22.7. The fraction of sp³-hybridized carbons (Fsp3) is 0.348. The van der Waals surface area contributed by atoms with Crippen LogP contribution in [0.1, 0.15) is 18.1 Å². The van der Waals surface area contributed by atoms with Gasteiger partial charge in [-0.1, -0.05) is 48.9 Å². The van der Waals surface area contributed by atoms with Crippen LogP contribution in [0.3, 0.4) is 0 Å². The predicted molar refractivity (Wildman–Crippen MR) is 122 cm³/mol. The normalized spacial score (nSPS) is 20.8. The molecule has 0 aromatic heterocycles. The van der Waals surface area contributed by atoms with Crippen molar-refractivity contribution < 1.29 is 14.4 Å². The molecule has 2 aromatic carbocycles. The molecular weight excluding hydrogens is 430 g/mol. The predicted octanol–water partition coefficient (Wildman–Crippen LogP) is 2.19. The Kier molecular flexibility index (Phi) is 6.74. The number of halogens is 1. The van der Waals surface area contributed by atoms with E-state index in [4.69, 9.17) is 11.6 Å². The molecule has 2 atom stereocenters. The Bertz CT molecular complexity index is 1010. The highest BCUT2D eigenvalue weighted by molar-refractivity contribution is 6.30. The van der Waals surface area contributed by atoms with Crippen molar-refractivity contribution in [2.24, 2.45) is 0 Å². The first kappa shape index (κ1) is 22.3. The van der Waals surface area contributed by atoms with Gasteiger partial charge in [0.1, 0.15) is 18.8 Å². The van der Waals surface area contributed by atoms with Crippen molar-refractivity contribution in [3.05, 3.63) is 64.7 Å². The molecular formula is C23H26ClN5O3. The van der Waals surface area contributed by atoms with E-state index in [0.717, 1.165) is 23.2 Å². The van der Waals surface area contributed by atoms with Crippen LogP contribution in [0.2, 0.25) is 5.02 Å². The van der Waals surface area contributed by atoms with Gasteiger partial charge in [-0.3, -0.25) is 24.7 Å². The van der Waals surface area contributed by atoms with Gasteiger partial charge in [0.05, 0.1) is 6.54 Å². The van der Waals surface area contributed by atoms with E-state index in [2.05, 4.69) is 16.0 Å². The molecule has 3 N–H and O–H groups in total. The lowest BCUT2D eigenvalue weighted by Crippen LogP contribution is -2.75. The van der Waals surface area contributed by atoms with Gasteiger partial charge in [0.15, 0.2) is 0 Å². The largest absolute Gasteiger partial charge is 0.328 e. The third kappa shape index (κ3) is 4.62. The van der Waals surface area contributed by atoms with E-state index in [9.17, 15) is 14.4 Å². The number of nitrogens with zero attached hydrogens (tertiary/aromatic N) is 2. The average molecular weight is 456 g/mol. The van der Waals surface area contributed by atoms with Gasteiger partial charge >= 0.3 is 6.03 Å². The zero-order valence-electron chi connectivity index (χ0n) is 17.8. The Balaban J connectivity index is 1.54. The molecule has 2 aromatic rings. The van der Waals surface area contributed by atoms with Crippen LogP contribution < -0.4 is 16.0 Å². The quantitative estimate of drug-likeness (QED) is 0.620. The summed E-state index contributed by atoms with van der Waals surface area (Å²) in [6.45, 7) is 3.14. The van der Waals surface area contributed by atoms with Crippen LogP contribution in [-0.4, -0.2) is 59.5 Å². The number of rotatable bonds is 6. The number of hydrogen-bond acceptors (Lipinski definition) is 5. The number of carbonyl (C=O) groups excluding carboxylic acids is 3. The van der Waals surface area contributed by atoms with Gasteiger partial charge < -0.3 is 10.6 Å². The Hall–Kier alpha value is -2.94. The van der Waals surface area contributed by atoms with Crippen molar-refractivity contribution >= 4 is 35.1 Å². The maximum Gasteiger partial charge on any atom is 0.328 e. The SMILES string of the molecule is CCc1ccccc1NC(=O)CN1C(=O)N(Cc2ccc(Cl)cc2)C(=O)C2NCCNC21. The van der Waals surface area contributed by atoms with E-state index in [-0.39, 0.29) is 24.9 Å². The van der Waals surface area contributed by atoms with Gasteiger partial charge in [-0.25, -0.2) is 4.79 Å². The van der Waals surface area contributed by atoms with Crippen molar-refractivity contribution in [3.8, 4) is 0 Å². The lowest BCUT2D eigenvalue weighted by Gasteiger charge is -2.47. The Morgan fingerprint density at radius 3 is 2.56 bits per heavy atom. The number of piperazine rings is 1. The molecule has 32 heavy (non-hydrogen) atoms. The van der Waals surface area contributed by atoms with Gasteiger partial charge in [0.2, 0.25) is 5.91 Å². The Morgan fingerprint density at radius 1 is 1.09 bits per heavy atom. The van der Waals surface area contributed by atoms with Gasteiger partial charge in [-0.2, -0.15) is 0 Å². The molecule has 2 aliphatic rings. The van der Waals surface area contributed by atoms with Crippen molar-refractivity contribution in [1.29, 1.82) is 0 Å². The smallest absolute Gasteiger partial charge is 0.324 e. The number of benzene rings is 2. The van der Waals surface area contributed by atoms with Crippen LogP contribution in [0.4, 0.5) is 10.5 Å². The second-order valence-corrected chi connectivity index (χ2v) is 8.29. The van der Waals surface area contributed by atoms with Crippen molar-refractivity contribution in [2.75, 3.05) is 25.0 Å². The molecule has 2 fully saturated rings. The van der Waals surface area contributed by atoms with Crippen LogP contribution in [0.15, 0.2) is 48.5 Å². The number of fused-ring (bicyclic) bond motifs is 1. The Morgan fingerprint density at radius 2 is 1.81 bits per heavy atom. The van der Waals surface area contributed by atoms with Crippen LogP contribution in [0, 0.1) is 0 Å². The summed E-state index contributed by atoms with van der Waals surface area (Å²) in [7, 11) is 0. The van der Waals surface area contributed by atoms with Crippen LogP contribution in [0.25, 0.3) is 0 Å². The summed E-state index contributed by atoms with van der Waals surface area (Å²) in [5, 5.41) is 9.89. The van der Waals surface area contributed by atoms with E-state index in [1.54, 1.807) is 24.3 Å². The number of amides is 4. The van der Waals surface area contributed by atoms with Gasteiger partial charge in [0.25, 0.3) is 5.91 Å². The fourth-order valence-electron chi connectivity index (χ4n) is 4.10. The zero-order valence-corrected chi connectivity index (χ0v) is 18.6. The first-order valence-corrected chi connectivity index (χ1v) is 11.1. The summed E-state index contributed by atoms with van der Waals surface area (Å²) < 4.78 is 0. The number of nitrogens with one attached hydrogen (secondary N) is 3. The summed E-state index contributed by atoms with van der Waals surface area (Å²) in [6.07, 6.45) is 0.191. The number of hydrogen-bond donors (Lipinski definition) is 3. The number of imide groups is 1. The maximum absolute atomic E-state index is 13.3. The molecule has 2 unspecified atom stereocenters. The number of anilines is 1. The lowest BCUT2D eigenvalue weighted by molar-refractivity contribution is -0.139. The van der Waals surface area contributed by atoms with Crippen LogP contribution in [-0.2, 0) is 22.6 Å². The molecule has 4 amide bonds. The molecule has 4 rings (SSSR count). The van der Waals surface area contributed by atoms with E-state index in [1.165, 1.54) is 9.80 Å². The van der Waals surface area contributed by atoms with Gasteiger partial charge in [-0.05, 0) is 35.7 Å². The summed E-state index contributed by atoms with van der Waals surface area (Å²) >= 11 is 5.95. The second-order valence-electron chi connectivity index (χ2n) is 7.85. The van der Waals surface area contributed by atoms with Gasteiger partial charge in [-0.15, -0.1) is 0 Å². The molecule has 0 spiro atoms. The molecule has 0 aliphatic carbocycles. The topological polar surface area (TPSA) is 93.8 Å². The molecule has 0 saturated carbocycles. The summed E-state index contributed by atoms with van der Waals surface area (Å²) in [5.74, 6) is -0.624. The average Bonchev–Trinajstić information content (AvgIpc) is 2.81. The monoisotopic (exact) mass is 455 g/mol. The summed E-state index contributed by atoms with van der Waals surface area (Å²) in [6, 6.07) is 13.4. The molecule has 0 radical (unpaired) electrons. The number of para-hydroxylation sites is 1. The van der Waals surface area contributed by atoms with E-state index >= 15 is 0 Å². The van der Waals surface area contributed by atoms with Crippen LogP contribution in [0.5, 0.6) is 0 Å². The third-order valence-electron chi connectivity index (χ3n) is 5.74. The fourth-order valence-corrected chi connectivity index (χ4v) is 4.23. The van der Waals surface area contributed by atoms with Gasteiger partial charge in [0, 0.05) is 23.8 Å². The minimum atomic E-state index is -0.621. The first-order chi connectivity index (χ1) is 15.5.